The number of thiazole rings is 1. The van der Waals surface area contributed by atoms with Crippen LogP contribution >= 0.6 is 22.9 Å². The lowest BCUT2D eigenvalue weighted by Gasteiger charge is -2.20. The molecule has 0 aliphatic rings. The lowest BCUT2D eigenvalue weighted by atomic mass is 10.2. The number of fused-ring (bicyclic) bond motifs is 1. The summed E-state index contributed by atoms with van der Waals surface area (Å²) < 4.78 is 22.1. The van der Waals surface area contributed by atoms with Crippen LogP contribution < -0.4 is 9.64 Å². The fourth-order valence-corrected chi connectivity index (χ4v) is 4.48. The SMILES string of the molecule is CCOc1cccc2sc(N(CCCn3ccnc3)C(=O)c3ccc(F)cc3Cl)nc12. The van der Waals surface area contributed by atoms with E-state index in [1.807, 2.05) is 35.9 Å². The van der Waals surface area contributed by atoms with Gasteiger partial charge in [0.1, 0.15) is 17.1 Å². The van der Waals surface area contributed by atoms with Gasteiger partial charge < -0.3 is 9.30 Å². The second-order valence-electron chi connectivity index (χ2n) is 6.77. The Kier molecular flexibility index (Phi) is 6.48. The number of imidazole rings is 1. The van der Waals surface area contributed by atoms with Gasteiger partial charge in [-0.1, -0.05) is 29.0 Å². The van der Waals surface area contributed by atoms with E-state index < -0.39 is 5.82 Å². The van der Waals surface area contributed by atoms with E-state index in [-0.39, 0.29) is 16.5 Å². The number of nitrogens with zero attached hydrogens (tertiary/aromatic N) is 4. The van der Waals surface area contributed by atoms with E-state index >= 15 is 0 Å². The highest BCUT2D eigenvalue weighted by atomic mass is 35.5. The summed E-state index contributed by atoms with van der Waals surface area (Å²) in [6.07, 6.45) is 5.99. The quantitative estimate of drug-likeness (QED) is 0.353. The molecular weight excluding hydrogens is 439 g/mol. The van der Waals surface area contributed by atoms with Crippen molar-refractivity contribution >= 4 is 44.2 Å². The highest BCUT2D eigenvalue weighted by Crippen LogP contribution is 2.35. The molecule has 0 radical (unpaired) electrons. The van der Waals surface area contributed by atoms with Crippen molar-refractivity contribution < 1.29 is 13.9 Å². The lowest BCUT2D eigenvalue weighted by molar-refractivity contribution is 0.0986. The molecule has 0 saturated heterocycles. The minimum Gasteiger partial charge on any atom is -0.492 e. The third-order valence-electron chi connectivity index (χ3n) is 4.67. The van der Waals surface area contributed by atoms with Crippen LogP contribution in [0.2, 0.25) is 5.02 Å². The Morgan fingerprint density at radius 3 is 2.94 bits per heavy atom. The maximum Gasteiger partial charge on any atom is 0.261 e. The zero-order valence-corrected chi connectivity index (χ0v) is 18.4. The first-order chi connectivity index (χ1) is 15.1. The van der Waals surface area contributed by atoms with Crippen molar-refractivity contribution in [3.8, 4) is 5.75 Å². The smallest absolute Gasteiger partial charge is 0.261 e. The summed E-state index contributed by atoms with van der Waals surface area (Å²) in [6, 6.07) is 9.48. The minimum atomic E-state index is -0.491. The van der Waals surface area contributed by atoms with Gasteiger partial charge in [-0.05, 0) is 43.7 Å². The Balaban J connectivity index is 1.68. The van der Waals surface area contributed by atoms with Gasteiger partial charge in [0.15, 0.2) is 5.13 Å². The van der Waals surface area contributed by atoms with Crippen molar-refractivity contribution in [1.82, 2.24) is 14.5 Å². The number of rotatable bonds is 8. The maximum absolute atomic E-state index is 13.5. The van der Waals surface area contributed by atoms with Crippen molar-refractivity contribution in [2.75, 3.05) is 18.1 Å². The van der Waals surface area contributed by atoms with Crippen LogP contribution in [0.25, 0.3) is 10.2 Å². The van der Waals surface area contributed by atoms with E-state index in [9.17, 15) is 9.18 Å². The number of hydrogen-bond donors (Lipinski definition) is 0. The van der Waals surface area contributed by atoms with E-state index in [0.29, 0.717) is 42.5 Å². The van der Waals surface area contributed by atoms with E-state index in [1.165, 1.54) is 23.5 Å². The highest BCUT2D eigenvalue weighted by Gasteiger charge is 2.24. The molecule has 0 saturated carbocycles. The zero-order valence-electron chi connectivity index (χ0n) is 16.8. The fraction of sp³-hybridized carbons (Fsp3) is 0.227. The van der Waals surface area contributed by atoms with Crippen molar-refractivity contribution in [2.24, 2.45) is 0 Å². The molecule has 0 aliphatic heterocycles. The molecular formula is C22H20ClFN4O2S. The first kappa shape index (κ1) is 21.3. The first-order valence-electron chi connectivity index (χ1n) is 9.82. The lowest BCUT2D eigenvalue weighted by Crippen LogP contribution is -2.32. The largest absolute Gasteiger partial charge is 0.492 e. The number of carbonyl (C=O) groups is 1. The monoisotopic (exact) mass is 458 g/mol. The van der Waals surface area contributed by atoms with Crippen molar-refractivity contribution in [2.45, 2.75) is 19.9 Å². The van der Waals surface area contributed by atoms with Crippen LogP contribution in [0.4, 0.5) is 9.52 Å². The summed E-state index contributed by atoms with van der Waals surface area (Å²) in [5, 5.41) is 0.610. The predicted molar refractivity (Wildman–Crippen MR) is 121 cm³/mol. The van der Waals surface area contributed by atoms with Gasteiger partial charge in [-0.2, -0.15) is 0 Å². The van der Waals surface area contributed by atoms with Gasteiger partial charge >= 0.3 is 0 Å². The number of halogens is 2. The highest BCUT2D eigenvalue weighted by molar-refractivity contribution is 7.22. The molecule has 31 heavy (non-hydrogen) atoms. The van der Waals surface area contributed by atoms with Crippen LogP contribution in [0, 0.1) is 5.82 Å². The van der Waals surface area contributed by atoms with Crippen LogP contribution in [0.1, 0.15) is 23.7 Å². The molecule has 2 aromatic heterocycles. The molecule has 0 aliphatic carbocycles. The number of amides is 1. The van der Waals surface area contributed by atoms with Gasteiger partial charge in [0.25, 0.3) is 5.91 Å². The molecule has 4 aromatic rings. The number of anilines is 1. The third-order valence-corrected chi connectivity index (χ3v) is 6.02. The number of benzene rings is 2. The van der Waals surface area contributed by atoms with Gasteiger partial charge in [0, 0.05) is 25.5 Å². The number of para-hydroxylation sites is 1. The summed E-state index contributed by atoms with van der Waals surface area (Å²) in [4.78, 5) is 23.7. The second kappa shape index (κ2) is 9.45. The van der Waals surface area contributed by atoms with Crippen molar-refractivity contribution in [3.05, 3.63) is 71.5 Å². The number of hydrogen-bond acceptors (Lipinski definition) is 5. The summed E-state index contributed by atoms with van der Waals surface area (Å²) in [6.45, 7) is 3.53. The van der Waals surface area contributed by atoms with Crippen LogP contribution in [-0.2, 0) is 6.54 Å². The average molecular weight is 459 g/mol. The van der Waals surface area contributed by atoms with E-state index in [4.69, 9.17) is 21.3 Å². The van der Waals surface area contributed by atoms with Crippen LogP contribution in [-0.4, -0.2) is 33.6 Å². The molecule has 9 heteroatoms. The molecule has 0 spiro atoms. The molecule has 0 N–H and O–H groups in total. The summed E-state index contributed by atoms with van der Waals surface area (Å²) in [5.74, 6) is -0.143. The number of ether oxygens (including phenoxy) is 1. The van der Waals surface area contributed by atoms with Gasteiger partial charge in [0.2, 0.25) is 0 Å². The first-order valence-corrected chi connectivity index (χ1v) is 11.0. The van der Waals surface area contributed by atoms with Crippen molar-refractivity contribution in [1.29, 1.82) is 0 Å². The topological polar surface area (TPSA) is 60.2 Å². The number of carbonyl (C=O) groups excluding carboxylic acids is 1. The molecule has 0 atom stereocenters. The Bertz CT molecular complexity index is 1200. The second-order valence-corrected chi connectivity index (χ2v) is 8.18. The fourth-order valence-electron chi connectivity index (χ4n) is 3.22. The average Bonchev–Trinajstić information content (AvgIpc) is 3.41. The van der Waals surface area contributed by atoms with Crippen LogP contribution in [0.3, 0.4) is 0 Å². The van der Waals surface area contributed by atoms with E-state index in [2.05, 4.69) is 4.98 Å². The van der Waals surface area contributed by atoms with Crippen molar-refractivity contribution in [3.63, 3.8) is 0 Å². The normalized spacial score (nSPS) is 11.1. The van der Waals surface area contributed by atoms with Crippen LogP contribution in [0.15, 0.2) is 55.1 Å². The van der Waals surface area contributed by atoms with Gasteiger partial charge in [-0.3, -0.25) is 9.69 Å². The summed E-state index contributed by atoms with van der Waals surface area (Å²) in [5.41, 5.74) is 0.942. The Labute approximate surface area is 187 Å². The van der Waals surface area contributed by atoms with Gasteiger partial charge in [0.05, 0.1) is 28.2 Å². The maximum atomic E-state index is 13.5. The number of aromatic nitrogens is 3. The van der Waals surface area contributed by atoms with E-state index in [1.54, 1.807) is 17.4 Å². The van der Waals surface area contributed by atoms with Gasteiger partial charge in [-0.25, -0.2) is 14.4 Å². The van der Waals surface area contributed by atoms with Crippen LogP contribution in [0.5, 0.6) is 5.75 Å². The Morgan fingerprint density at radius 2 is 2.19 bits per heavy atom. The molecule has 0 bridgehead atoms. The molecule has 0 unspecified atom stereocenters. The predicted octanol–water partition coefficient (Wildman–Crippen LogP) is 5.42. The molecule has 2 aromatic carbocycles. The molecule has 2 heterocycles. The minimum absolute atomic E-state index is 0.0701. The van der Waals surface area contributed by atoms with Gasteiger partial charge in [-0.15, -0.1) is 0 Å². The third kappa shape index (κ3) is 4.70. The molecule has 6 nitrogen and oxygen atoms in total. The molecule has 1 amide bonds. The Hall–Kier alpha value is -2.97. The molecule has 0 fully saturated rings. The summed E-state index contributed by atoms with van der Waals surface area (Å²) >= 11 is 7.58. The summed E-state index contributed by atoms with van der Waals surface area (Å²) in [7, 11) is 0. The zero-order chi connectivity index (χ0) is 21.8. The molecule has 4 rings (SSSR count). The standard InChI is InChI=1S/C22H20ClFN4O2S/c1-2-30-18-5-3-6-19-20(18)26-22(31-19)28(11-4-10-27-12-9-25-14-27)21(29)16-8-7-15(24)13-17(16)23/h3,5-9,12-14H,2,4,10-11H2,1H3. The molecule has 160 valence electrons. The van der Waals surface area contributed by atoms with E-state index in [0.717, 1.165) is 10.8 Å². The number of aryl methyl sites for hydroxylation is 1. The Morgan fingerprint density at radius 1 is 1.32 bits per heavy atom.